The lowest BCUT2D eigenvalue weighted by molar-refractivity contribution is -0.151. The Morgan fingerprint density at radius 2 is 2.04 bits per heavy atom. The van der Waals surface area contributed by atoms with E-state index < -0.39 is 12.0 Å². The van der Waals surface area contributed by atoms with Crippen LogP contribution in [0.1, 0.15) is 43.2 Å². The van der Waals surface area contributed by atoms with Crippen molar-refractivity contribution in [3.8, 4) is 0 Å². The van der Waals surface area contributed by atoms with E-state index in [9.17, 15) is 14.4 Å². The van der Waals surface area contributed by atoms with Crippen molar-refractivity contribution < 1.29 is 24.2 Å². The van der Waals surface area contributed by atoms with Gasteiger partial charge in [0.05, 0.1) is 12.5 Å². The molecule has 8 heteroatoms. The molecule has 1 saturated heterocycles. The molecule has 2 rings (SSSR count). The largest absolute Gasteiger partial charge is 0.476 e. The molecule has 0 aromatic carbocycles. The number of piperidine rings is 1. The molecule has 126 valence electrons. The van der Waals surface area contributed by atoms with E-state index in [2.05, 4.69) is 5.10 Å². The second kappa shape index (κ2) is 7.26. The molecular formula is C15H21N3O5. The van der Waals surface area contributed by atoms with Gasteiger partial charge in [0.2, 0.25) is 5.91 Å². The lowest BCUT2D eigenvalue weighted by atomic mass is 9.96. The first-order valence-electron chi connectivity index (χ1n) is 7.68. The maximum Gasteiger partial charge on any atom is 0.356 e. The van der Waals surface area contributed by atoms with E-state index in [1.54, 1.807) is 18.7 Å². The van der Waals surface area contributed by atoms with Gasteiger partial charge in [-0.05, 0) is 32.8 Å². The van der Waals surface area contributed by atoms with E-state index in [1.165, 1.54) is 16.9 Å². The third-order valence-corrected chi connectivity index (χ3v) is 4.01. The van der Waals surface area contributed by atoms with Crippen molar-refractivity contribution >= 4 is 17.8 Å². The summed E-state index contributed by atoms with van der Waals surface area (Å²) in [5, 5.41) is 12.8. The van der Waals surface area contributed by atoms with Crippen molar-refractivity contribution in [2.45, 2.75) is 32.7 Å². The molecule has 1 aliphatic heterocycles. The molecule has 0 radical (unpaired) electrons. The fourth-order valence-corrected chi connectivity index (χ4v) is 2.64. The number of aromatic nitrogens is 2. The summed E-state index contributed by atoms with van der Waals surface area (Å²) in [5.41, 5.74) is -0.0920. The Morgan fingerprint density at radius 3 is 2.57 bits per heavy atom. The second-order valence-corrected chi connectivity index (χ2v) is 5.51. The number of carboxylic acid groups (broad SMARTS) is 1. The summed E-state index contributed by atoms with van der Waals surface area (Å²) < 4.78 is 6.36. The predicted octanol–water partition coefficient (Wildman–Crippen LogP) is 0.944. The van der Waals surface area contributed by atoms with Gasteiger partial charge in [0.1, 0.15) is 6.04 Å². The highest BCUT2D eigenvalue weighted by atomic mass is 16.5. The van der Waals surface area contributed by atoms with Gasteiger partial charge in [0.15, 0.2) is 5.69 Å². The molecule has 1 fully saturated rings. The van der Waals surface area contributed by atoms with Gasteiger partial charge in [0, 0.05) is 19.3 Å². The number of carboxylic acids is 1. The van der Waals surface area contributed by atoms with Gasteiger partial charge >= 0.3 is 11.9 Å². The lowest BCUT2D eigenvalue weighted by Gasteiger charge is -2.32. The summed E-state index contributed by atoms with van der Waals surface area (Å²) in [7, 11) is 0. The molecule has 0 bridgehead atoms. The third-order valence-electron chi connectivity index (χ3n) is 4.01. The Morgan fingerprint density at radius 1 is 1.39 bits per heavy atom. The van der Waals surface area contributed by atoms with Crippen LogP contribution in [-0.2, 0) is 14.3 Å². The minimum atomic E-state index is -1.13. The molecule has 0 aliphatic carbocycles. The molecule has 1 aliphatic rings. The first-order valence-corrected chi connectivity index (χ1v) is 7.68. The topological polar surface area (TPSA) is 102 Å². The van der Waals surface area contributed by atoms with Crippen LogP contribution in [0.4, 0.5) is 0 Å². The smallest absolute Gasteiger partial charge is 0.356 e. The second-order valence-electron chi connectivity index (χ2n) is 5.51. The van der Waals surface area contributed by atoms with Gasteiger partial charge in [-0.15, -0.1) is 0 Å². The molecule has 1 aromatic heterocycles. The first-order chi connectivity index (χ1) is 10.9. The summed E-state index contributed by atoms with van der Waals surface area (Å²) in [6, 6.07) is 0.779. The van der Waals surface area contributed by atoms with E-state index in [0.717, 1.165) is 0 Å². The van der Waals surface area contributed by atoms with Crippen LogP contribution in [0.3, 0.4) is 0 Å². The first kappa shape index (κ1) is 17.0. The molecule has 1 aromatic rings. The maximum absolute atomic E-state index is 12.5. The van der Waals surface area contributed by atoms with Crippen molar-refractivity contribution in [3.63, 3.8) is 0 Å². The highest BCUT2D eigenvalue weighted by Crippen LogP contribution is 2.21. The number of carbonyl (C=O) groups is 3. The Hall–Kier alpha value is -2.38. The Balaban J connectivity index is 1.93. The maximum atomic E-state index is 12.5. The van der Waals surface area contributed by atoms with Crippen molar-refractivity contribution in [3.05, 3.63) is 18.0 Å². The monoisotopic (exact) mass is 323 g/mol. The number of hydrogen-bond donors (Lipinski definition) is 1. The van der Waals surface area contributed by atoms with Gasteiger partial charge < -0.3 is 14.7 Å². The van der Waals surface area contributed by atoms with Crippen molar-refractivity contribution in [1.29, 1.82) is 0 Å². The number of rotatable bonds is 5. The average molecular weight is 323 g/mol. The number of amides is 1. The molecule has 8 nitrogen and oxygen atoms in total. The Kier molecular flexibility index (Phi) is 5.36. The molecule has 1 unspecified atom stereocenters. The van der Waals surface area contributed by atoms with E-state index in [-0.39, 0.29) is 23.5 Å². The summed E-state index contributed by atoms with van der Waals surface area (Å²) in [6.07, 6.45) is 2.64. The van der Waals surface area contributed by atoms with Crippen molar-refractivity contribution in [2.75, 3.05) is 19.7 Å². The molecule has 1 atom stereocenters. The summed E-state index contributed by atoms with van der Waals surface area (Å²) >= 11 is 0. The molecular weight excluding hydrogens is 302 g/mol. The summed E-state index contributed by atoms with van der Waals surface area (Å²) in [4.78, 5) is 36.7. The van der Waals surface area contributed by atoms with Crippen LogP contribution >= 0.6 is 0 Å². The molecule has 0 saturated carbocycles. The minimum absolute atomic E-state index is 0.0920. The highest BCUT2D eigenvalue weighted by molar-refractivity contribution is 5.85. The van der Waals surface area contributed by atoms with E-state index >= 15 is 0 Å². The van der Waals surface area contributed by atoms with Crippen LogP contribution in [0.5, 0.6) is 0 Å². The van der Waals surface area contributed by atoms with Gasteiger partial charge in [-0.25, -0.2) is 4.79 Å². The predicted molar refractivity (Wildman–Crippen MR) is 79.8 cm³/mol. The Bertz CT molecular complexity index is 590. The highest BCUT2D eigenvalue weighted by Gasteiger charge is 2.30. The normalized spacial score (nSPS) is 16.9. The zero-order chi connectivity index (χ0) is 17.0. The van der Waals surface area contributed by atoms with Crippen LogP contribution in [0, 0.1) is 5.92 Å². The average Bonchev–Trinajstić information content (AvgIpc) is 3.04. The van der Waals surface area contributed by atoms with Crippen molar-refractivity contribution in [2.24, 2.45) is 5.92 Å². The van der Waals surface area contributed by atoms with E-state index in [4.69, 9.17) is 9.84 Å². The molecule has 2 heterocycles. The van der Waals surface area contributed by atoms with Crippen molar-refractivity contribution in [1.82, 2.24) is 14.7 Å². The Labute approximate surface area is 134 Å². The molecule has 1 N–H and O–H groups in total. The van der Waals surface area contributed by atoms with Gasteiger partial charge in [0.25, 0.3) is 0 Å². The van der Waals surface area contributed by atoms with E-state index in [0.29, 0.717) is 32.5 Å². The fraction of sp³-hybridized carbons (Fsp3) is 0.600. The standard InChI is InChI=1S/C15H21N3O5/c1-3-23-15(22)11-4-7-17(8-5-11)13(19)10(2)18-9-6-12(16-18)14(20)21/h6,9-11H,3-5,7-8H2,1-2H3,(H,20,21). The number of aromatic carboxylic acids is 1. The van der Waals surface area contributed by atoms with Gasteiger partial charge in [-0.3, -0.25) is 14.3 Å². The molecule has 23 heavy (non-hydrogen) atoms. The fourth-order valence-electron chi connectivity index (χ4n) is 2.64. The van der Waals surface area contributed by atoms with Crippen LogP contribution in [0.15, 0.2) is 12.3 Å². The van der Waals surface area contributed by atoms with Crippen LogP contribution < -0.4 is 0 Å². The number of esters is 1. The summed E-state index contributed by atoms with van der Waals surface area (Å²) in [5.74, 6) is -1.62. The zero-order valence-corrected chi connectivity index (χ0v) is 13.3. The van der Waals surface area contributed by atoms with Crippen LogP contribution in [0.2, 0.25) is 0 Å². The lowest BCUT2D eigenvalue weighted by Crippen LogP contribution is -2.43. The number of nitrogens with zero attached hydrogens (tertiary/aromatic N) is 3. The third kappa shape index (κ3) is 3.88. The minimum Gasteiger partial charge on any atom is -0.476 e. The van der Waals surface area contributed by atoms with E-state index in [1.807, 2.05) is 0 Å². The molecule has 1 amide bonds. The summed E-state index contributed by atoms with van der Waals surface area (Å²) in [6.45, 7) is 4.78. The molecule has 0 spiro atoms. The quantitative estimate of drug-likeness (QED) is 0.809. The SMILES string of the molecule is CCOC(=O)C1CCN(C(=O)C(C)n2ccc(C(=O)O)n2)CC1. The van der Waals surface area contributed by atoms with Crippen LogP contribution in [-0.4, -0.2) is 57.3 Å². The number of likely N-dealkylation sites (tertiary alicyclic amines) is 1. The van der Waals surface area contributed by atoms with Crippen LogP contribution in [0.25, 0.3) is 0 Å². The van der Waals surface area contributed by atoms with Gasteiger partial charge in [-0.2, -0.15) is 5.10 Å². The number of hydrogen-bond acceptors (Lipinski definition) is 5. The number of carbonyl (C=O) groups excluding carboxylic acids is 2. The zero-order valence-electron chi connectivity index (χ0n) is 13.3. The number of ether oxygens (including phenoxy) is 1. The van der Waals surface area contributed by atoms with Gasteiger partial charge in [-0.1, -0.05) is 0 Å².